The first-order chi connectivity index (χ1) is 12.1. The number of ether oxygens (including phenoxy) is 2. The van der Waals surface area contributed by atoms with Crippen LogP contribution in [0.3, 0.4) is 0 Å². The molecule has 0 heterocycles. The van der Waals surface area contributed by atoms with Gasteiger partial charge in [0.15, 0.2) is 0 Å². The summed E-state index contributed by atoms with van der Waals surface area (Å²) in [5.41, 5.74) is 4.82. The highest BCUT2D eigenvalue weighted by molar-refractivity contribution is 7.28. The smallest absolute Gasteiger partial charge is 0.128 e. The molecule has 142 valence electrons. The minimum atomic E-state index is -0.254. The topological polar surface area (TPSA) is 18.5 Å². The van der Waals surface area contributed by atoms with Crippen molar-refractivity contribution in [1.29, 1.82) is 0 Å². The van der Waals surface area contributed by atoms with Crippen molar-refractivity contribution in [2.45, 2.75) is 65.9 Å². The van der Waals surface area contributed by atoms with E-state index < -0.39 is 0 Å². The molecule has 0 bridgehead atoms. The molecule has 2 nitrogen and oxygen atoms in total. The lowest BCUT2D eigenvalue weighted by Gasteiger charge is -2.27. The van der Waals surface area contributed by atoms with E-state index in [0.717, 1.165) is 22.4 Å². The Balaban J connectivity index is 2.85. The first-order valence-corrected chi connectivity index (χ1v) is 9.93. The van der Waals surface area contributed by atoms with Crippen molar-refractivity contribution in [3.63, 3.8) is 0 Å². The maximum atomic E-state index is 6.22. The Hall–Kier alpha value is -1.53. The van der Waals surface area contributed by atoms with E-state index in [1.54, 1.807) is 7.11 Å². The van der Waals surface area contributed by atoms with Crippen LogP contribution in [-0.2, 0) is 0 Å². The minimum Gasteiger partial charge on any atom is -0.496 e. The van der Waals surface area contributed by atoms with Crippen molar-refractivity contribution < 1.29 is 9.47 Å². The van der Waals surface area contributed by atoms with Crippen LogP contribution in [0.4, 0.5) is 0 Å². The highest BCUT2D eigenvalue weighted by atomic mass is 31.0. The maximum absolute atomic E-state index is 6.22. The molecule has 1 atom stereocenters. The summed E-state index contributed by atoms with van der Waals surface area (Å²) in [6.07, 6.45) is 0. The molecule has 0 radical (unpaired) electrons. The Morgan fingerprint density at radius 3 is 1.73 bits per heavy atom. The zero-order valence-corrected chi connectivity index (χ0v) is 18.6. The van der Waals surface area contributed by atoms with Gasteiger partial charge in [-0.1, -0.05) is 45.9 Å². The van der Waals surface area contributed by atoms with E-state index in [9.17, 15) is 0 Å². The minimum absolute atomic E-state index is 0.254. The van der Waals surface area contributed by atoms with Crippen LogP contribution in [-0.4, -0.2) is 12.7 Å². The van der Waals surface area contributed by atoms with Gasteiger partial charge in [-0.15, -0.1) is 9.24 Å². The zero-order chi connectivity index (χ0) is 19.6. The predicted octanol–water partition coefficient (Wildman–Crippen LogP) is 6.29. The Bertz CT molecular complexity index is 744. The fourth-order valence-corrected chi connectivity index (χ4v) is 3.71. The summed E-state index contributed by atoms with van der Waals surface area (Å²) in [6.45, 7) is 15.2. The van der Waals surface area contributed by atoms with Crippen molar-refractivity contribution in [3.05, 3.63) is 41.5 Å². The normalized spacial score (nSPS) is 12.0. The van der Waals surface area contributed by atoms with Crippen molar-refractivity contribution in [3.8, 4) is 22.6 Å². The molecule has 3 heteroatoms. The molecule has 0 aliphatic rings. The molecule has 0 aliphatic heterocycles. The molecule has 2 aromatic rings. The number of hydrogen-bond acceptors (Lipinski definition) is 2. The summed E-state index contributed by atoms with van der Waals surface area (Å²) in [5, 5.41) is 1.05. The summed E-state index contributed by atoms with van der Waals surface area (Å²) in [5.74, 6) is 2.60. The lowest BCUT2D eigenvalue weighted by atomic mass is 9.84. The van der Waals surface area contributed by atoms with Gasteiger partial charge < -0.3 is 9.47 Å². The summed E-state index contributed by atoms with van der Waals surface area (Å²) >= 11 is 0. The summed E-state index contributed by atoms with van der Waals surface area (Å²) in [4.78, 5) is 0. The molecule has 0 N–H and O–H groups in total. The van der Waals surface area contributed by atoms with Gasteiger partial charge in [0.1, 0.15) is 17.1 Å². The van der Waals surface area contributed by atoms with Crippen LogP contribution in [0.2, 0.25) is 0 Å². The van der Waals surface area contributed by atoms with Gasteiger partial charge in [-0.05, 0) is 61.4 Å². The first kappa shape index (κ1) is 20.8. The fraction of sp³-hybridized carbons (Fsp3) is 0.478. The molecule has 2 aromatic carbocycles. The van der Waals surface area contributed by atoms with Crippen LogP contribution < -0.4 is 14.8 Å². The van der Waals surface area contributed by atoms with Crippen molar-refractivity contribution in [2.75, 3.05) is 7.11 Å². The molecule has 0 aliphatic carbocycles. The fourth-order valence-electron chi connectivity index (χ4n) is 3.27. The zero-order valence-electron chi connectivity index (χ0n) is 17.4. The Labute approximate surface area is 161 Å². The molecular formula is C23H33O2P. The van der Waals surface area contributed by atoms with Crippen molar-refractivity contribution in [1.82, 2.24) is 0 Å². The molecule has 0 amide bonds. The molecule has 26 heavy (non-hydrogen) atoms. The molecule has 1 unspecified atom stereocenters. The number of benzene rings is 2. The third kappa shape index (κ3) is 4.41. The predicted molar refractivity (Wildman–Crippen MR) is 116 cm³/mol. The van der Waals surface area contributed by atoms with Crippen LogP contribution in [0.1, 0.15) is 71.4 Å². The lowest BCUT2D eigenvalue weighted by molar-refractivity contribution is 0.132. The summed E-state index contributed by atoms with van der Waals surface area (Å²) in [6, 6.07) is 10.6. The Morgan fingerprint density at radius 1 is 0.808 bits per heavy atom. The van der Waals surface area contributed by atoms with Crippen LogP contribution in [0.25, 0.3) is 11.1 Å². The second kappa shape index (κ2) is 8.01. The van der Waals surface area contributed by atoms with Crippen LogP contribution in [0.15, 0.2) is 30.3 Å². The second-order valence-corrected chi connectivity index (χ2v) is 8.97. The van der Waals surface area contributed by atoms with Gasteiger partial charge in [0.05, 0.1) is 7.11 Å². The van der Waals surface area contributed by atoms with Crippen molar-refractivity contribution >= 4 is 14.5 Å². The largest absolute Gasteiger partial charge is 0.496 e. The van der Waals surface area contributed by atoms with Crippen molar-refractivity contribution in [2.24, 2.45) is 0 Å². The van der Waals surface area contributed by atoms with E-state index in [1.165, 1.54) is 16.7 Å². The van der Waals surface area contributed by atoms with E-state index in [-0.39, 0.29) is 5.60 Å². The monoisotopic (exact) mass is 372 g/mol. The molecule has 0 fully saturated rings. The van der Waals surface area contributed by atoms with Gasteiger partial charge in [-0.3, -0.25) is 0 Å². The van der Waals surface area contributed by atoms with E-state index in [4.69, 9.17) is 9.47 Å². The van der Waals surface area contributed by atoms with Gasteiger partial charge in [-0.25, -0.2) is 0 Å². The van der Waals surface area contributed by atoms with E-state index in [2.05, 4.69) is 75.9 Å². The molecular weight excluding hydrogens is 339 g/mol. The number of methoxy groups -OCH3 is 1. The van der Waals surface area contributed by atoms with E-state index >= 15 is 0 Å². The quantitative estimate of drug-likeness (QED) is 0.575. The van der Waals surface area contributed by atoms with Gasteiger partial charge in [0.25, 0.3) is 0 Å². The average Bonchev–Trinajstić information content (AvgIpc) is 2.54. The standard InChI is InChI=1S/C23H33O2P/c1-14(2)16-10-9-11-17(15(3)4)20(16)21-18(24-8)12-13-19(22(21)26)25-23(5,6)7/h9-15H,26H2,1-8H3. The molecule has 0 aromatic heterocycles. The van der Waals surface area contributed by atoms with E-state index in [0.29, 0.717) is 11.8 Å². The second-order valence-electron chi connectivity index (χ2n) is 8.39. The molecule has 0 saturated heterocycles. The number of rotatable bonds is 5. The third-order valence-electron chi connectivity index (χ3n) is 4.43. The summed E-state index contributed by atoms with van der Waals surface area (Å²) < 4.78 is 12.0. The Kier molecular flexibility index (Phi) is 6.40. The molecule has 0 spiro atoms. The number of hydrogen-bond donors (Lipinski definition) is 0. The van der Waals surface area contributed by atoms with Crippen LogP contribution >= 0.6 is 9.24 Å². The highest BCUT2D eigenvalue weighted by Crippen LogP contribution is 2.42. The first-order valence-electron chi connectivity index (χ1n) is 9.35. The van der Waals surface area contributed by atoms with Gasteiger partial charge >= 0.3 is 0 Å². The van der Waals surface area contributed by atoms with E-state index in [1.807, 2.05) is 12.1 Å². The van der Waals surface area contributed by atoms with Gasteiger partial charge in [0.2, 0.25) is 0 Å². The highest BCUT2D eigenvalue weighted by Gasteiger charge is 2.23. The molecule has 2 rings (SSSR count). The van der Waals surface area contributed by atoms with Crippen LogP contribution in [0, 0.1) is 0 Å². The summed E-state index contributed by atoms with van der Waals surface area (Å²) in [7, 11) is 4.62. The third-order valence-corrected chi connectivity index (χ3v) is 5.00. The Morgan fingerprint density at radius 2 is 1.31 bits per heavy atom. The average molecular weight is 372 g/mol. The van der Waals surface area contributed by atoms with Gasteiger partial charge in [0, 0.05) is 10.9 Å². The lowest BCUT2D eigenvalue weighted by Crippen LogP contribution is -2.25. The SMILES string of the molecule is COc1ccc(OC(C)(C)C)c(P)c1-c1c(C(C)C)cccc1C(C)C. The molecule has 0 saturated carbocycles. The van der Waals surface area contributed by atoms with Gasteiger partial charge in [-0.2, -0.15) is 0 Å². The van der Waals surface area contributed by atoms with Crippen LogP contribution in [0.5, 0.6) is 11.5 Å². The maximum Gasteiger partial charge on any atom is 0.128 e.